The van der Waals surface area contributed by atoms with Crippen LogP contribution < -0.4 is 0 Å². The molecular formula is C130H84N4. The van der Waals surface area contributed by atoms with E-state index in [-0.39, 0.29) is 0 Å². The molecule has 0 amide bonds. The number of para-hydroxylation sites is 2. The molecule has 4 aromatic heterocycles. The van der Waals surface area contributed by atoms with Crippen LogP contribution in [-0.2, 0) is 10.8 Å². The summed E-state index contributed by atoms with van der Waals surface area (Å²) in [6, 6.07) is 189. The molecule has 0 aliphatic heterocycles. The van der Waals surface area contributed by atoms with Crippen molar-refractivity contribution in [3.05, 3.63) is 554 Å². The maximum atomic E-state index is 2.54. The third kappa shape index (κ3) is 11.7. The fourth-order valence-electron chi connectivity index (χ4n) is 23.3. The summed E-state index contributed by atoms with van der Waals surface area (Å²) >= 11 is 0. The molecule has 26 aromatic rings. The van der Waals surface area contributed by atoms with Crippen molar-refractivity contribution in [1.29, 1.82) is 0 Å². The van der Waals surface area contributed by atoms with E-state index in [1.807, 2.05) is 0 Å². The van der Waals surface area contributed by atoms with Gasteiger partial charge in [-0.1, -0.05) is 382 Å². The van der Waals surface area contributed by atoms with E-state index in [2.05, 4.69) is 528 Å². The molecule has 0 radical (unpaired) electrons. The van der Waals surface area contributed by atoms with Gasteiger partial charge in [-0.2, -0.15) is 0 Å². The van der Waals surface area contributed by atoms with Gasteiger partial charge in [0.25, 0.3) is 0 Å². The highest BCUT2D eigenvalue weighted by Crippen LogP contribution is 2.61. The minimum absolute atomic E-state index is 0.501. The molecular weight excluding hydrogens is 1620 g/mol. The number of aromatic nitrogens is 4. The van der Waals surface area contributed by atoms with Gasteiger partial charge in [-0.05, 0) is 260 Å². The number of fused-ring (bicyclic) bond motifs is 21. The third-order valence-electron chi connectivity index (χ3n) is 29.2. The van der Waals surface area contributed by atoms with Gasteiger partial charge in [-0.15, -0.1) is 0 Å². The second-order valence-electron chi connectivity index (χ2n) is 36.0. The zero-order chi connectivity index (χ0) is 88.1. The Morgan fingerprint density at radius 2 is 0.448 bits per heavy atom. The number of hydrogen-bond donors (Lipinski definition) is 0. The molecule has 4 nitrogen and oxygen atoms in total. The van der Waals surface area contributed by atoms with E-state index in [1.165, 1.54) is 220 Å². The molecule has 0 atom stereocenters. The van der Waals surface area contributed by atoms with Gasteiger partial charge in [0.05, 0.1) is 55.0 Å². The molecule has 134 heavy (non-hydrogen) atoms. The highest BCUT2D eigenvalue weighted by atomic mass is 15.0. The average Bonchev–Trinajstić information content (AvgIpc) is 1.52. The Hall–Kier alpha value is -17.4. The van der Waals surface area contributed by atoms with Gasteiger partial charge in [0.2, 0.25) is 0 Å². The van der Waals surface area contributed by atoms with Crippen molar-refractivity contribution in [2.24, 2.45) is 0 Å². The molecule has 22 aromatic carbocycles. The van der Waals surface area contributed by atoms with Gasteiger partial charge in [0, 0.05) is 65.8 Å². The first kappa shape index (κ1) is 76.6. The topological polar surface area (TPSA) is 19.7 Å². The number of hydrogen-bond acceptors (Lipinski definition) is 0. The van der Waals surface area contributed by atoms with Crippen LogP contribution >= 0.6 is 0 Å². The van der Waals surface area contributed by atoms with Gasteiger partial charge >= 0.3 is 0 Å². The van der Waals surface area contributed by atoms with Crippen molar-refractivity contribution in [2.75, 3.05) is 0 Å². The summed E-state index contributed by atoms with van der Waals surface area (Å²) in [6.45, 7) is 0. The van der Waals surface area contributed by atoms with Crippen LogP contribution in [0, 0.1) is 0 Å². The van der Waals surface area contributed by atoms with Crippen LogP contribution in [0.5, 0.6) is 0 Å². The van der Waals surface area contributed by atoms with Crippen molar-refractivity contribution in [3.63, 3.8) is 0 Å². The third-order valence-corrected chi connectivity index (χ3v) is 29.2. The summed E-state index contributed by atoms with van der Waals surface area (Å²) in [5.74, 6) is 0. The summed E-state index contributed by atoms with van der Waals surface area (Å²) in [5.41, 5.74) is 38.3. The smallest absolute Gasteiger partial charge is 0.0713 e. The Morgan fingerprint density at radius 1 is 0.142 bits per heavy atom. The molecule has 0 saturated heterocycles. The molecule has 0 unspecified atom stereocenters. The second kappa shape index (κ2) is 30.6. The van der Waals surface area contributed by atoms with E-state index >= 15 is 0 Å². The summed E-state index contributed by atoms with van der Waals surface area (Å²) in [6.07, 6.45) is 0. The van der Waals surface area contributed by atoms with Gasteiger partial charge in [0.15, 0.2) is 0 Å². The van der Waals surface area contributed by atoms with Crippen LogP contribution in [-0.4, -0.2) is 18.3 Å². The zero-order valence-electron chi connectivity index (χ0n) is 73.3. The number of rotatable bonds is 12. The lowest BCUT2D eigenvalue weighted by molar-refractivity contribution is 0.769. The molecule has 2 aliphatic rings. The zero-order valence-corrected chi connectivity index (χ0v) is 73.3. The summed E-state index contributed by atoms with van der Waals surface area (Å²) in [5, 5.41) is 14.9. The van der Waals surface area contributed by atoms with Crippen molar-refractivity contribution in [3.8, 4) is 89.5 Å². The lowest BCUT2D eigenvalue weighted by Gasteiger charge is -2.34. The molecule has 0 fully saturated rings. The molecule has 4 heterocycles. The van der Waals surface area contributed by atoms with Crippen LogP contribution in [0.1, 0.15) is 44.5 Å². The van der Waals surface area contributed by atoms with E-state index in [1.54, 1.807) is 0 Å². The van der Waals surface area contributed by atoms with E-state index < -0.39 is 10.8 Å². The molecule has 28 rings (SSSR count). The summed E-state index contributed by atoms with van der Waals surface area (Å²) < 4.78 is 9.81. The van der Waals surface area contributed by atoms with E-state index in [0.717, 1.165) is 22.7 Å². The fraction of sp³-hybridized carbons (Fsp3) is 0.0154. The van der Waals surface area contributed by atoms with Crippen LogP contribution in [0.2, 0.25) is 0 Å². The minimum Gasteiger partial charge on any atom is -0.309 e. The first-order chi connectivity index (χ1) is 66.5. The molecule has 624 valence electrons. The van der Waals surface area contributed by atoms with Crippen molar-refractivity contribution in [2.45, 2.75) is 10.8 Å². The summed E-state index contributed by atoms with van der Waals surface area (Å²) in [4.78, 5) is 0. The Bertz CT molecular complexity index is 8960. The molecule has 4 heteroatoms. The van der Waals surface area contributed by atoms with E-state index in [4.69, 9.17) is 0 Å². The quantitative estimate of drug-likeness (QED) is 0.116. The number of benzene rings is 22. The fourth-order valence-corrected chi connectivity index (χ4v) is 23.3. The number of nitrogens with zero attached hydrogens (tertiary/aromatic N) is 4. The predicted molar refractivity (Wildman–Crippen MR) is 562 cm³/mol. The normalized spacial score (nSPS) is 12.9. The highest BCUT2D eigenvalue weighted by Gasteiger charge is 2.49. The van der Waals surface area contributed by atoms with Crippen LogP contribution in [0.3, 0.4) is 0 Å². The highest BCUT2D eigenvalue weighted by molar-refractivity contribution is 6.21. The first-order valence-electron chi connectivity index (χ1n) is 46.5. The van der Waals surface area contributed by atoms with Gasteiger partial charge in [-0.25, -0.2) is 0 Å². The standard InChI is InChI=1S/2C65H42N2/c1-4-16-43(17-5-1)45-28-33-51(34-29-45)66-59-27-15-13-24-53(59)55-41-47(31-37-60(55)66)48-32-38-61-56(42-48)64-62(67(61)52-35-30-44-18-10-11-19-46(44)40-52)39-36-58-63(64)54-25-12-14-26-57(54)65(58,49-20-6-2-7-21-49)50-22-8-3-9-23-50;1-4-16-43(17-5-1)45-28-33-51(34-29-45)66-61-27-15-13-25-54(61)56-39-47(31-36-62(56)66)48-32-37-63-57(40-48)58-41-60-55(42-64(58)67(63)52-35-30-44-18-10-11-19-46(44)38-52)53-24-12-14-26-59(53)65(60,49-20-6-2-7-21-49)50-22-8-3-9-23-50/h2*1-42H. The summed E-state index contributed by atoms with van der Waals surface area (Å²) in [7, 11) is 0. The lowest BCUT2D eigenvalue weighted by Crippen LogP contribution is -2.28. The Kier molecular flexibility index (Phi) is 17.5. The maximum absolute atomic E-state index is 2.54. The van der Waals surface area contributed by atoms with Gasteiger partial charge in [0.1, 0.15) is 0 Å². The molecule has 0 bridgehead atoms. The first-order valence-corrected chi connectivity index (χ1v) is 46.5. The Labute approximate surface area is 776 Å². The lowest BCUT2D eigenvalue weighted by atomic mass is 9.67. The Morgan fingerprint density at radius 3 is 0.910 bits per heavy atom. The van der Waals surface area contributed by atoms with Gasteiger partial charge in [-0.3, -0.25) is 0 Å². The largest absolute Gasteiger partial charge is 0.309 e. The van der Waals surface area contributed by atoms with Gasteiger partial charge < -0.3 is 18.3 Å². The van der Waals surface area contributed by atoms with E-state index in [0.29, 0.717) is 0 Å². The SMILES string of the molecule is c1ccc(-c2ccc(-n3c4ccccc4c4cc(-c5ccc6c(c5)c5c7c(ccc5n6-c5ccc6ccccc6c5)C(c5ccccc5)(c5ccccc5)c5ccccc5-7)ccc43)cc2)cc1.c1ccc(-c2ccc(-n3c4ccccc4c4cc(-c5ccc6c(c5)c5cc7c(cc5n6-c5ccc6ccccc6c5)-c5ccccc5C7(c5ccccc5)c5ccccc5)ccc43)cc2)cc1. The van der Waals surface area contributed by atoms with Crippen molar-refractivity contribution < 1.29 is 0 Å². The van der Waals surface area contributed by atoms with Crippen LogP contribution in [0.25, 0.3) is 198 Å². The molecule has 0 saturated carbocycles. The predicted octanol–water partition coefficient (Wildman–Crippen LogP) is 33.5. The Balaban J connectivity index is 0.000000136. The maximum Gasteiger partial charge on any atom is 0.0713 e. The molecule has 2 aliphatic carbocycles. The van der Waals surface area contributed by atoms with E-state index in [9.17, 15) is 0 Å². The average molecular weight is 1700 g/mol. The van der Waals surface area contributed by atoms with Crippen molar-refractivity contribution >= 4 is 109 Å². The van der Waals surface area contributed by atoms with Crippen LogP contribution in [0.4, 0.5) is 0 Å². The minimum atomic E-state index is -0.501. The molecule has 0 spiro atoms. The van der Waals surface area contributed by atoms with Crippen molar-refractivity contribution in [1.82, 2.24) is 18.3 Å². The second-order valence-corrected chi connectivity index (χ2v) is 36.0. The molecule has 0 N–H and O–H groups in total. The monoisotopic (exact) mass is 1700 g/mol. The van der Waals surface area contributed by atoms with Crippen LogP contribution in [0.15, 0.2) is 510 Å².